The van der Waals surface area contributed by atoms with Crippen LogP contribution in [0.15, 0.2) is 65.1 Å². The molecule has 4 aromatic rings. The maximum atomic E-state index is 14.3. The number of carbonyl (C=O) groups excluding carboxylic acids is 1. The standard InChI is InChI=1S/C30H31F3N2O2/c1-3-4-5-6-9-16-35(30(36)34-29-24(32)17-22(31)18-25(29)33)19-27-28(21-14-12-20(2)13-15-21)23-10-7-8-11-26(23)37-27/h7-8,10-15,17-18H,3-6,9,16,19H2,1-2H3,(H,34,36). The number of urea groups is 1. The molecule has 1 N–H and O–H groups in total. The molecule has 0 aliphatic carbocycles. The number of hydrogen-bond donors (Lipinski definition) is 1. The van der Waals surface area contributed by atoms with Crippen molar-refractivity contribution in [2.75, 3.05) is 11.9 Å². The number of rotatable bonds is 10. The van der Waals surface area contributed by atoms with Crippen LogP contribution >= 0.6 is 0 Å². The van der Waals surface area contributed by atoms with E-state index >= 15 is 0 Å². The number of aryl methyl sites for hydroxylation is 1. The maximum absolute atomic E-state index is 14.3. The molecule has 7 heteroatoms. The lowest BCUT2D eigenvalue weighted by molar-refractivity contribution is 0.203. The molecule has 1 aromatic heterocycles. The molecule has 0 bridgehead atoms. The Morgan fingerprint density at radius 1 is 0.919 bits per heavy atom. The zero-order valence-electron chi connectivity index (χ0n) is 21.1. The molecule has 0 fully saturated rings. The van der Waals surface area contributed by atoms with Gasteiger partial charge in [0.2, 0.25) is 0 Å². The highest BCUT2D eigenvalue weighted by molar-refractivity contribution is 5.96. The molecule has 0 aliphatic heterocycles. The lowest BCUT2D eigenvalue weighted by atomic mass is 10.0. The number of fused-ring (bicyclic) bond motifs is 1. The number of hydrogen-bond acceptors (Lipinski definition) is 2. The summed E-state index contributed by atoms with van der Waals surface area (Å²) in [6.45, 7) is 4.60. The van der Waals surface area contributed by atoms with Crippen LogP contribution in [0.5, 0.6) is 0 Å². The van der Waals surface area contributed by atoms with Gasteiger partial charge in [-0.2, -0.15) is 0 Å². The van der Waals surface area contributed by atoms with Crippen LogP contribution in [-0.4, -0.2) is 17.5 Å². The first-order valence-corrected chi connectivity index (χ1v) is 12.6. The number of nitrogens with zero attached hydrogens (tertiary/aromatic N) is 1. The summed E-state index contributed by atoms with van der Waals surface area (Å²) in [4.78, 5) is 14.8. The lowest BCUT2D eigenvalue weighted by Crippen LogP contribution is -2.36. The van der Waals surface area contributed by atoms with Crippen molar-refractivity contribution in [3.05, 3.63) is 89.4 Å². The van der Waals surface area contributed by atoms with E-state index in [9.17, 15) is 18.0 Å². The average Bonchev–Trinajstić information content (AvgIpc) is 3.23. The predicted molar refractivity (Wildman–Crippen MR) is 141 cm³/mol. The highest BCUT2D eigenvalue weighted by atomic mass is 19.1. The predicted octanol–water partition coefficient (Wildman–Crippen LogP) is 8.83. The average molecular weight is 509 g/mol. The summed E-state index contributed by atoms with van der Waals surface area (Å²) >= 11 is 0. The Hall–Kier alpha value is -3.74. The molecule has 3 aromatic carbocycles. The number of carbonyl (C=O) groups is 1. The summed E-state index contributed by atoms with van der Waals surface area (Å²) in [5.41, 5.74) is 2.95. The molecule has 0 unspecified atom stereocenters. The largest absolute Gasteiger partial charge is 0.459 e. The molecular weight excluding hydrogens is 477 g/mol. The number of unbranched alkanes of at least 4 members (excludes halogenated alkanes) is 4. The quantitative estimate of drug-likeness (QED) is 0.218. The molecule has 0 saturated heterocycles. The summed E-state index contributed by atoms with van der Waals surface area (Å²) in [5, 5.41) is 3.22. The molecule has 2 amide bonds. The Bertz CT molecular complexity index is 1340. The van der Waals surface area contributed by atoms with E-state index in [0.717, 1.165) is 54.2 Å². The van der Waals surface area contributed by atoms with Gasteiger partial charge in [-0.1, -0.05) is 80.6 Å². The molecule has 0 aliphatic rings. The minimum Gasteiger partial charge on any atom is -0.459 e. The van der Waals surface area contributed by atoms with E-state index in [2.05, 4.69) is 12.2 Å². The summed E-state index contributed by atoms with van der Waals surface area (Å²) < 4.78 is 48.1. The minimum atomic E-state index is -1.17. The van der Waals surface area contributed by atoms with Crippen molar-refractivity contribution in [1.82, 2.24) is 4.90 Å². The van der Waals surface area contributed by atoms with Gasteiger partial charge >= 0.3 is 6.03 Å². The van der Waals surface area contributed by atoms with Gasteiger partial charge in [0.25, 0.3) is 0 Å². The van der Waals surface area contributed by atoms with E-state index in [-0.39, 0.29) is 6.54 Å². The van der Waals surface area contributed by atoms with Gasteiger partial charge in [-0.3, -0.25) is 0 Å². The van der Waals surface area contributed by atoms with E-state index in [0.29, 0.717) is 30.0 Å². The Morgan fingerprint density at radius 3 is 2.30 bits per heavy atom. The molecule has 0 radical (unpaired) electrons. The topological polar surface area (TPSA) is 45.5 Å². The molecule has 4 rings (SSSR count). The molecule has 1 heterocycles. The van der Waals surface area contributed by atoms with E-state index in [1.54, 1.807) is 0 Å². The van der Waals surface area contributed by atoms with Crippen molar-refractivity contribution in [2.24, 2.45) is 0 Å². The first-order valence-electron chi connectivity index (χ1n) is 12.6. The van der Waals surface area contributed by atoms with Crippen LogP contribution in [0.25, 0.3) is 22.1 Å². The van der Waals surface area contributed by atoms with E-state index < -0.39 is 29.2 Å². The van der Waals surface area contributed by atoms with Gasteiger partial charge in [0.15, 0.2) is 11.6 Å². The van der Waals surface area contributed by atoms with Crippen LogP contribution < -0.4 is 5.32 Å². The molecular formula is C30H31F3N2O2. The second kappa shape index (κ2) is 12.0. The van der Waals surface area contributed by atoms with Crippen LogP contribution in [0, 0.1) is 24.4 Å². The van der Waals surface area contributed by atoms with E-state index in [1.807, 2.05) is 55.5 Å². The van der Waals surface area contributed by atoms with E-state index in [4.69, 9.17) is 4.42 Å². The van der Waals surface area contributed by atoms with Crippen LogP contribution in [0.2, 0.25) is 0 Å². The van der Waals surface area contributed by atoms with Crippen molar-refractivity contribution < 1.29 is 22.4 Å². The second-order valence-electron chi connectivity index (χ2n) is 9.27. The zero-order valence-corrected chi connectivity index (χ0v) is 21.1. The van der Waals surface area contributed by atoms with Gasteiger partial charge in [0, 0.05) is 29.6 Å². The summed E-state index contributed by atoms with van der Waals surface area (Å²) in [5.74, 6) is -2.81. The SMILES string of the molecule is CCCCCCCN(Cc1oc2ccccc2c1-c1ccc(C)cc1)C(=O)Nc1c(F)cc(F)cc1F. The van der Waals surface area contributed by atoms with Crippen LogP contribution in [0.1, 0.15) is 50.4 Å². The van der Waals surface area contributed by atoms with Gasteiger partial charge in [-0.15, -0.1) is 0 Å². The fourth-order valence-corrected chi connectivity index (χ4v) is 4.42. The van der Waals surface area contributed by atoms with Gasteiger partial charge in [0.05, 0.1) is 6.54 Å². The van der Waals surface area contributed by atoms with Crippen LogP contribution in [0.3, 0.4) is 0 Å². The Morgan fingerprint density at radius 2 is 1.59 bits per heavy atom. The first kappa shape index (κ1) is 26.3. The van der Waals surface area contributed by atoms with Gasteiger partial charge in [-0.25, -0.2) is 18.0 Å². The third-order valence-corrected chi connectivity index (χ3v) is 6.40. The smallest absolute Gasteiger partial charge is 0.322 e. The Labute approximate surface area is 215 Å². The van der Waals surface area contributed by atoms with Gasteiger partial charge in [-0.05, 0) is 25.0 Å². The monoisotopic (exact) mass is 508 g/mol. The van der Waals surface area contributed by atoms with Gasteiger partial charge in [0.1, 0.15) is 22.8 Å². The summed E-state index contributed by atoms with van der Waals surface area (Å²) in [6, 6.07) is 16.1. The normalized spacial score (nSPS) is 11.2. The maximum Gasteiger partial charge on any atom is 0.322 e. The Kier molecular flexibility index (Phi) is 8.54. The lowest BCUT2D eigenvalue weighted by Gasteiger charge is -2.23. The molecule has 4 nitrogen and oxygen atoms in total. The third kappa shape index (κ3) is 6.34. The molecule has 0 spiro atoms. The molecule has 0 saturated carbocycles. The third-order valence-electron chi connectivity index (χ3n) is 6.40. The fourth-order valence-electron chi connectivity index (χ4n) is 4.42. The number of para-hydroxylation sites is 1. The van der Waals surface area contributed by atoms with Crippen molar-refractivity contribution >= 4 is 22.7 Å². The molecule has 37 heavy (non-hydrogen) atoms. The second-order valence-corrected chi connectivity index (χ2v) is 9.27. The van der Waals surface area contributed by atoms with Crippen molar-refractivity contribution in [3.8, 4) is 11.1 Å². The number of anilines is 1. The molecule has 194 valence electrons. The van der Waals surface area contributed by atoms with Crippen molar-refractivity contribution in [3.63, 3.8) is 0 Å². The van der Waals surface area contributed by atoms with Crippen molar-refractivity contribution in [2.45, 2.75) is 52.5 Å². The number of nitrogens with one attached hydrogen (secondary N) is 1. The van der Waals surface area contributed by atoms with Crippen LogP contribution in [-0.2, 0) is 6.54 Å². The number of halogens is 3. The summed E-state index contributed by atoms with van der Waals surface area (Å²) in [6.07, 6.45) is 4.86. The van der Waals surface area contributed by atoms with E-state index in [1.165, 1.54) is 4.90 Å². The summed E-state index contributed by atoms with van der Waals surface area (Å²) in [7, 11) is 0. The molecule has 0 atom stereocenters. The number of amides is 2. The fraction of sp³-hybridized carbons (Fsp3) is 0.300. The van der Waals surface area contributed by atoms with Crippen LogP contribution in [0.4, 0.5) is 23.7 Å². The Balaban J connectivity index is 1.66. The first-order chi connectivity index (χ1) is 17.9. The van der Waals surface area contributed by atoms with Crippen molar-refractivity contribution in [1.29, 1.82) is 0 Å². The zero-order chi connectivity index (χ0) is 26.4. The number of furan rings is 1. The highest BCUT2D eigenvalue weighted by Crippen LogP contribution is 2.36. The highest BCUT2D eigenvalue weighted by Gasteiger charge is 2.23. The van der Waals surface area contributed by atoms with Gasteiger partial charge < -0.3 is 14.6 Å². The minimum absolute atomic E-state index is 0.0991. The number of benzene rings is 3.